The number of rotatable bonds is 8. The monoisotopic (exact) mass is 560 g/mol. The molecular formula is C30H28Cl4O2. The normalized spacial score (nSPS) is 13.5. The maximum Gasteiger partial charge on any atom is 0.151 e. The molecule has 2 atom stereocenters. The summed E-state index contributed by atoms with van der Waals surface area (Å²) in [4.78, 5) is 0. The highest BCUT2D eigenvalue weighted by Crippen LogP contribution is 2.40. The SMILES string of the molecule is C=C[C@H](c1ccc2ccccc2c1)C(Cl)(Cl)CO.C=C[C@H](c1ccc2ccccc2c1)C(Cl)(Cl)CO. The van der Waals surface area contributed by atoms with Crippen LogP contribution >= 0.6 is 46.4 Å². The van der Waals surface area contributed by atoms with Gasteiger partial charge in [0.2, 0.25) is 0 Å². The van der Waals surface area contributed by atoms with Crippen LogP contribution in [0.5, 0.6) is 0 Å². The Morgan fingerprint density at radius 3 is 1.22 bits per heavy atom. The lowest BCUT2D eigenvalue weighted by molar-refractivity contribution is 0.271. The molecule has 0 spiro atoms. The van der Waals surface area contributed by atoms with Crippen molar-refractivity contribution in [2.45, 2.75) is 20.5 Å². The summed E-state index contributed by atoms with van der Waals surface area (Å²) in [6.07, 6.45) is 3.33. The van der Waals surface area contributed by atoms with Crippen LogP contribution in [-0.2, 0) is 0 Å². The second-order valence-corrected chi connectivity index (χ2v) is 11.6. The summed E-state index contributed by atoms with van der Waals surface area (Å²) in [6.45, 7) is 6.86. The van der Waals surface area contributed by atoms with E-state index in [1.165, 1.54) is 0 Å². The van der Waals surface area contributed by atoms with Gasteiger partial charge in [0.25, 0.3) is 0 Å². The van der Waals surface area contributed by atoms with Gasteiger partial charge in [0.05, 0.1) is 13.2 Å². The minimum Gasteiger partial charge on any atom is -0.393 e. The number of aliphatic hydroxyl groups excluding tert-OH is 2. The van der Waals surface area contributed by atoms with E-state index in [0.717, 1.165) is 32.7 Å². The number of allylic oxidation sites excluding steroid dienone is 2. The van der Waals surface area contributed by atoms with Crippen molar-refractivity contribution in [3.05, 3.63) is 121 Å². The first-order chi connectivity index (χ1) is 17.2. The topological polar surface area (TPSA) is 40.5 Å². The van der Waals surface area contributed by atoms with E-state index >= 15 is 0 Å². The minimum atomic E-state index is -1.25. The third kappa shape index (κ3) is 6.63. The number of hydrogen-bond acceptors (Lipinski definition) is 2. The highest BCUT2D eigenvalue weighted by atomic mass is 35.5. The molecule has 0 aliphatic carbocycles. The van der Waals surface area contributed by atoms with Gasteiger partial charge in [-0.15, -0.1) is 13.2 Å². The summed E-state index contributed by atoms with van der Waals surface area (Å²) in [6, 6.07) is 28.1. The molecule has 0 saturated carbocycles. The predicted octanol–water partition coefficient (Wildman–Crippen LogP) is 8.55. The van der Waals surface area contributed by atoms with E-state index in [4.69, 9.17) is 46.4 Å². The minimum absolute atomic E-state index is 0.310. The van der Waals surface area contributed by atoms with Crippen LogP contribution in [0.4, 0.5) is 0 Å². The molecule has 0 aliphatic rings. The molecule has 0 aliphatic heterocycles. The molecule has 6 heteroatoms. The molecule has 0 fully saturated rings. The maximum absolute atomic E-state index is 9.26. The Morgan fingerprint density at radius 2 is 0.917 bits per heavy atom. The van der Waals surface area contributed by atoms with Crippen LogP contribution in [0.1, 0.15) is 23.0 Å². The van der Waals surface area contributed by atoms with Gasteiger partial charge in [0, 0.05) is 11.8 Å². The van der Waals surface area contributed by atoms with Crippen molar-refractivity contribution in [2.24, 2.45) is 0 Å². The third-order valence-corrected chi connectivity index (χ3v) is 7.49. The van der Waals surface area contributed by atoms with Gasteiger partial charge in [-0.25, -0.2) is 0 Å². The van der Waals surface area contributed by atoms with Gasteiger partial charge in [0.15, 0.2) is 8.67 Å². The lowest BCUT2D eigenvalue weighted by Gasteiger charge is -2.26. The van der Waals surface area contributed by atoms with Gasteiger partial charge in [-0.3, -0.25) is 0 Å². The number of hydrogen-bond donors (Lipinski definition) is 2. The van der Waals surface area contributed by atoms with Crippen LogP contribution in [0.25, 0.3) is 21.5 Å². The number of aliphatic hydroxyl groups is 2. The smallest absolute Gasteiger partial charge is 0.151 e. The van der Waals surface area contributed by atoms with Gasteiger partial charge in [0.1, 0.15) is 0 Å². The zero-order chi connectivity index (χ0) is 26.3. The maximum atomic E-state index is 9.26. The van der Waals surface area contributed by atoms with Gasteiger partial charge in [-0.2, -0.15) is 0 Å². The first kappa shape index (κ1) is 28.5. The lowest BCUT2D eigenvalue weighted by atomic mass is 9.93. The van der Waals surface area contributed by atoms with Crippen LogP contribution in [0.15, 0.2) is 110 Å². The molecule has 188 valence electrons. The molecule has 2 nitrogen and oxygen atoms in total. The molecule has 2 N–H and O–H groups in total. The Labute approximate surface area is 232 Å². The quantitative estimate of drug-likeness (QED) is 0.167. The van der Waals surface area contributed by atoms with Crippen LogP contribution in [0.2, 0.25) is 0 Å². The number of benzene rings is 4. The van der Waals surface area contributed by atoms with Gasteiger partial charge in [-0.05, 0) is 32.7 Å². The Hall–Kier alpha value is -2.04. The van der Waals surface area contributed by atoms with E-state index in [-0.39, 0.29) is 25.0 Å². The fourth-order valence-corrected chi connectivity index (χ4v) is 4.96. The molecule has 0 unspecified atom stereocenters. The van der Waals surface area contributed by atoms with Crippen molar-refractivity contribution in [1.29, 1.82) is 0 Å². The summed E-state index contributed by atoms with van der Waals surface area (Å²) < 4.78 is -2.49. The van der Waals surface area contributed by atoms with Gasteiger partial charge < -0.3 is 10.2 Å². The first-order valence-corrected chi connectivity index (χ1v) is 12.9. The van der Waals surface area contributed by atoms with Crippen molar-refractivity contribution in [3.8, 4) is 0 Å². The van der Waals surface area contributed by atoms with Crippen molar-refractivity contribution in [3.63, 3.8) is 0 Å². The van der Waals surface area contributed by atoms with Gasteiger partial charge in [-0.1, -0.05) is 143 Å². The average molecular weight is 562 g/mol. The highest BCUT2D eigenvalue weighted by Gasteiger charge is 2.34. The fraction of sp³-hybridized carbons (Fsp3) is 0.200. The Kier molecular flexibility index (Phi) is 9.88. The fourth-order valence-electron chi connectivity index (χ4n) is 4.10. The summed E-state index contributed by atoms with van der Waals surface area (Å²) in [5.74, 6) is -0.620. The van der Waals surface area contributed by atoms with E-state index < -0.39 is 8.67 Å². The molecular weight excluding hydrogens is 534 g/mol. The van der Waals surface area contributed by atoms with Crippen molar-refractivity contribution in [2.75, 3.05) is 13.2 Å². The zero-order valence-electron chi connectivity index (χ0n) is 19.6. The number of fused-ring (bicyclic) bond motifs is 2. The molecule has 0 heterocycles. The largest absolute Gasteiger partial charge is 0.393 e. The summed E-state index contributed by atoms with van der Waals surface area (Å²) >= 11 is 24.5. The molecule has 4 rings (SSSR count). The van der Waals surface area contributed by atoms with Gasteiger partial charge >= 0.3 is 0 Å². The lowest BCUT2D eigenvalue weighted by Crippen LogP contribution is -2.26. The Bertz CT molecular complexity index is 1230. The number of alkyl halides is 4. The summed E-state index contributed by atoms with van der Waals surface area (Å²) in [5, 5.41) is 23.1. The van der Waals surface area contributed by atoms with Crippen molar-refractivity contribution >= 4 is 67.9 Å². The Morgan fingerprint density at radius 1 is 0.583 bits per heavy atom. The molecule has 36 heavy (non-hydrogen) atoms. The predicted molar refractivity (Wildman–Crippen MR) is 157 cm³/mol. The molecule has 4 aromatic carbocycles. The second kappa shape index (κ2) is 12.5. The molecule has 0 aromatic heterocycles. The molecule has 0 bridgehead atoms. The molecule has 0 amide bonds. The Balaban J connectivity index is 0.000000201. The van der Waals surface area contributed by atoms with Crippen LogP contribution in [0, 0.1) is 0 Å². The molecule has 0 radical (unpaired) electrons. The van der Waals surface area contributed by atoms with Crippen molar-refractivity contribution < 1.29 is 10.2 Å². The first-order valence-electron chi connectivity index (χ1n) is 11.4. The summed E-state index contributed by atoms with van der Waals surface area (Å²) in [7, 11) is 0. The third-order valence-electron chi connectivity index (χ3n) is 6.07. The average Bonchev–Trinajstić information content (AvgIpc) is 2.89. The van der Waals surface area contributed by atoms with E-state index in [0.29, 0.717) is 0 Å². The molecule has 4 aromatic rings. The zero-order valence-corrected chi connectivity index (χ0v) is 22.7. The second-order valence-electron chi connectivity index (χ2n) is 8.48. The van der Waals surface area contributed by atoms with E-state index in [1.54, 1.807) is 12.2 Å². The van der Waals surface area contributed by atoms with E-state index in [9.17, 15) is 10.2 Å². The van der Waals surface area contributed by atoms with Crippen molar-refractivity contribution in [1.82, 2.24) is 0 Å². The van der Waals surface area contributed by atoms with Crippen LogP contribution < -0.4 is 0 Å². The standard InChI is InChI=1S/2C15H14Cl2O/c2*1-2-14(15(16,17)10-18)13-8-7-11-5-3-4-6-12(11)9-13/h2*2-9,14,18H,1,10H2/t2*14-/m11/s1. The van der Waals surface area contributed by atoms with E-state index in [2.05, 4.69) is 13.2 Å². The summed E-state index contributed by atoms with van der Waals surface area (Å²) in [5.41, 5.74) is 1.89. The molecule has 0 saturated heterocycles. The number of halogens is 4. The van der Waals surface area contributed by atoms with Crippen LogP contribution in [-0.4, -0.2) is 32.1 Å². The van der Waals surface area contributed by atoms with E-state index in [1.807, 2.05) is 84.9 Å². The van der Waals surface area contributed by atoms with Crippen LogP contribution in [0.3, 0.4) is 0 Å². The highest BCUT2D eigenvalue weighted by molar-refractivity contribution is 6.49.